The van der Waals surface area contributed by atoms with E-state index in [-0.39, 0.29) is 5.91 Å². The maximum absolute atomic E-state index is 12.1. The Morgan fingerprint density at radius 2 is 2.16 bits per heavy atom. The molecule has 0 aliphatic heterocycles. The van der Waals surface area contributed by atoms with Crippen LogP contribution < -0.4 is 5.32 Å². The van der Waals surface area contributed by atoms with Crippen LogP contribution in [0.3, 0.4) is 0 Å². The molecule has 0 bridgehead atoms. The zero-order valence-corrected chi connectivity index (χ0v) is 14.8. The van der Waals surface area contributed by atoms with Gasteiger partial charge in [0.25, 0.3) is 5.91 Å². The maximum Gasteiger partial charge on any atom is 0.252 e. The molecule has 0 spiro atoms. The summed E-state index contributed by atoms with van der Waals surface area (Å²) >= 11 is 12.8. The van der Waals surface area contributed by atoms with Crippen LogP contribution in [0.2, 0.25) is 5.02 Å². The Kier molecular flexibility index (Phi) is 8.03. The van der Waals surface area contributed by atoms with Gasteiger partial charge in [-0.1, -0.05) is 56.8 Å². The van der Waals surface area contributed by atoms with Crippen molar-refractivity contribution < 1.29 is 4.79 Å². The van der Waals surface area contributed by atoms with E-state index in [0.717, 1.165) is 29.1 Å². The van der Waals surface area contributed by atoms with E-state index in [1.807, 2.05) is 6.07 Å². The van der Waals surface area contributed by atoms with E-state index >= 15 is 0 Å². The molecule has 0 fully saturated rings. The Balaban J connectivity index is 2.61. The number of rotatable bonds is 7. The Bertz CT molecular complexity index is 420. The molecule has 1 amide bonds. The number of carbonyl (C=O) groups excluding carboxylic acids is 1. The first-order chi connectivity index (χ1) is 9.08. The van der Waals surface area contributed by atoms with Gasteiger partial charge in [-0.2, -0.15) is 0 Å². The average molecular weight is 412 g/mol. The van der Waals surface area contributed by atoms with Crippen molar-refractivity contribution in [3.8, 4) is 0 Å². The Hall–Kier alpha value is -0.0600. The van der Waals surface area contributed by atoms with Gasteiger partial charge in [-0.25, -0.2) is 0 Å². The molecule has 106 valence electrons. The molecule has 5 heteroatoms. The molecule has 0 heterocycles. The van der Waals surface area contributed by atoms with Crippen LogP contribution in [0, 0.1) is 5.92 Å². The van der Waals surface area contributed by atoms with Crippen molar-refractivity contribution in [2.75, 3.05) is 11.9 Å². The average Bonchev–Trinajstić information content (AvgIpc) is 2.39. The summed E-state index contributed by atoms with van der Waals surface area (Å²) in [5, 5.41) is 4.41. The summed E-state index contributed by atoms with van der Waals surface area (Å²) in [4.78, 5) is 12.1. The summed E-state index contributed by atoms with van der Waals surface area (Å²) in [5.74, 6) is 0.404. The zero-order valence-electron chi connectivity index (χ0n) is 10.9. The fraction of sp³-hybridized carbons (Fsp3) is 0.500. The first-order valence-corrected chi connectivity index (χ1v) is 8.67. The monoisotopic (exact) mass is 409 g/mol. The Morgan fingerprint density at radius 3 is 2.79 bits per heavy atom. The Labute approximate surface area is 136 Å². The highest BCUT2D eigenvalue weighted by atomic mass is 79.9. The van der Waals surface area contributed by atoms with Crippen LogP contribution in [0.4, 0.5) is 0 Å². The van der Waals surface area contributed by atoms with Crippen LogP contribution in [-0.4, -0.2) is 17.8 Å². The molecule has 1 aromatic rings. The molecule has 2 nitrogen and oxygen atoms in total. The van der Waals surface area contributed by atoms with Gasteiger partial charge in [0, 0.05) is 16.3 Å². The lowest BCUT2D eigenvalue weighted by atomic mass is 10.0. The van der Waals surface area contributed by atoms with E-state index in [0.29, 0.717) is 23.0 Å². The predicted octanol–water partition coefficient (Wildman–Crippen LogP) is 5.03. The molecule has 0 radical (unpaired) electrons. The maximum atomic E-state index is 12.1. The third-order valence-corrected chi connectivity index (χ3v) is 4.22. The second-order valence-corrected chi connectivity index (χ2v) is 6.58. The molecule has 0 aromatic heterocycles. The molecular weight excluding hydrogens is 393 g/mol. The number of hydrogen-bond acceptors (Lipinski definition) is 1. The summed E-state index contributed by atoms with van der Waals surface area (Å²) in [6, 6.07) is 5.30. The lowest BCUT2D eigenvalue weighted by molar-refractivity contribution is 0.0946. The Morgan fingerprint density at radius 1 is 1.42 bits per heavy atom. The first-order valence-electron chi connectivity index (χ1n) is 6.37. The van der Waals surface area contributed by atoms with E-state index in [4.69, 9.17) is 11.6 Å². The highest BCUT2D eigenvalue weighted by Crippen LogP contribution is 2.21. The standard InChI is InChI=1S/C14H18Br2ClNO/c1-2-3-10(6-7-15)9-18-14(19)12-8-11(16)4-5-13(12)17/h4-5,8,10H,2-3,6-7,9H2,1H3,(H,18,19). The van der Waals surface area contributed by atoms with Crippen LogP contribution in [0.1, 0.15) is 36.5 Å². The molecule has 1 N–H and O–H groups in total. The summed E-state index contributed by atoms with van der Waals surface area (Å²) in [5.41, 5.74) is 0.519. The van der Waals surface area contributed by atoms with Gasteiger partial charge in [-0.3, -0.25) is 4.79 Å². The highest BCUT2D eigenvalue weighted by Gasteiger charge is 2.13. The van der Waals surface area contributed by atoms with Crippen molar-refractivity contribution in [1.29, 1.82) is 0 Å². The van der Waals surface area contributed by atoms with Crippen molar-refractivity contribution >= 4 is 49.4 Å². The zero-order chi connectivity index (χ0) is 14.3. The molecule has 0 saturated carbocycles. The van der Waals surface area contributed by atoms with Crippen molar-refractivity contribution in [1.82, 2.24) is 5.32 Å². The number of alkyl halides is 1. The smallest absolute Gasteiger partial charge is 0.252 e. The molecule has 19 heavy (non-hydrogen) atoms. The van der Waals surface area contributed by atoms with Crippen LogP contribution in [0.25, 0.3) is 0 Å². The number of carbonyl (C=O) groups is 1. The second-order valence-electron chi connectivity index (χ2n) is 4.47. The van der Waals surface area contributed by atoms with E-state index in [2.05, 4.69) is 44.1 Å². The van der Waals surface area contributed by atoms with Gasteiger partial charge in [0.05, 0.1) is 10.6 Å². The largest absolute Gasteiger partial charge is 0.352 e. The van der Waals surface area contributed by atoms with Gasteiger partial charge in [0.1, 0.15) is 0 Å². The van der Waals surface area contributed by atoms with Gasteiger partial charge in [-0.15, -0.1) is 0 Å². The third kappa shape index (κ3) is 5.84. The van der Waals surface area contributed by atoms with Crippen LogP contribution in [-0.2, 0) is 0 Å². The topological polar surface area (TPSA) is 29.1 Å². The quantitative estimate of drug-likeness (QED) is 0.626. The van der Waals surface area contributed by atoms with Crippen LogP contribution >= 0.6 is 43.5 Å². The fourth-order valence-electron chi connectivity index (χ4n) is 1.91. The molecule has 1 aromatic carbocycles. The lowest BCUT2D eigenvalue weighted by Crippen LogP contribution is -2.29. The third-order valence-electron chi connectivity index (χ3n) is 2.94. The SMILES string of the molecule is CCCC(CCBr)CNC(=O)c1cc(Br)ccc1Cl. The predicted molar refractivity (Wildman–Crippen MR) is 88.3 cm³/mol. The van der Waals surface area contributed by atoms with Crippen molar-refractivity contribution in [2.24, 2.45) is 5.92 Å². The molecule has 1 unspecified atom stereocenters. The lowest BCUT2D eigenvalue weighted by Gasteiger charge is -2.16. The number of halogens is 3. The summed E-state index contributed by atoms with van der Waals surface area (Å²) in [6.07, 6.45) is 3.32. The minimum absolute atomic E-state index is 0.109. The number of benzene rings is 1. The molecular formula is C14H18Br2ClNO. The van der Waals surface area contributed by atoms with Gasteiger partial charge in [0.2, 0.25) is 0 Å². The van der Waals surface area contributed by atoms with Gasteiger partial charge in [-0.05, 0) is 37.0 Å². The van der Waals surface area contributed by atoms with Gasteiger partial charge < -0.3 is 5.32 Å². The normalized spacial score (nSPS) is 12.2. The van der Waals surface area contributed by atoms with Crippen molar-refractivity contribution in [3.05, 3.63) is 33.3 Å². The number of hydrogen-bond donors (Lipinski definition) is 1. The van der Waals surface area contributed by atoms with Gasteiger partial charge in [0.15, 0.2) is 0 Å². The van der Waals surface area contributed by atoms with Crippen molar-refractivity contribution in [3.63, 3.8) is 0 Å². The molecule has 0 saturated heterocycles. The van der Waals surface area contributed by atoms with Crippen molar-refractivity contribution in [2.45, 2.75) is 26.2 Å². The summed E-state index contributed by atoms with van der Waals surface area (Å²) < 4.78 is 0.854. The molecule has 1 rings (SSSR count). The van der Waals surface area contributed by atoms with Crippen LogP contribution in [0.5, 0.6) is 0 Å². The molecule has 1 atom stereocenters. The number of amides is 1. The second kappa shape index (κ2) is 8.98. The van der Waals surface area contributed by atoms with E-state index in [9.17, 15) is 4.79 Å². The van der Waals surface area contributed by atoms with Gasteiger partial charge >= 0.3 is 0 Å². The van der Waals surface area contributed by atoms with E-state index in [1.54, 1.807) is 12.1 Å². The minimum Gasteiger partial charge on any atom is -0.352 e. The number of nitrogens with one attached hydrogen (secondary N) is 1. The van der Waals surface area contributed by atoms with E-state index < -0.39 is 0 Å². The molecule has 0 aliphatic rings. The first kappa shape index (κ1) is 17.0. The summed E-state index contributed by atoms with van der Waals surface area (Å²) in [6.45, 7) is 2.86. The highest BCUT2D eigenvalue weighted by molar-refractivity contribution is 9.10. The van der Waals surface area contributed by atoms with E-state index in [1.165, 1.54) is 0 Å². The molecule has 0 aliphatic carbocycles. The fourth-order valence-corrected chi connectivity index (χ4v) is 3.13. The minimum atomic E-state index is -0.109. The summed E-state index contributed by atoms with van der Waals surface area (Å²) in [7, 11) is 0. The van der Waals surface area contributed by atoms with Crippen LogP contribution in [0.15, 0.2) is 22.7 Å².